The summed E-state index contributed by atoms with van der Waals surface area (Å²) in [5.41, 5.74) is 2.06. The van der Waals surface area contributed by atoms with Crippen molar-refractivity contribution in [1.82, 2.24) is 10.2 Å². The van der Waals surface area contributed by atoms with Gasteiger partial charge in [0.15, 0.2) is 0 Å². The van der Waals surface area contributed by atoms with E-state index < -0.39 is 28.5 Å². The van der Waals surface area contributed by atoms with E-state index in [4.69, 9.17) is 16.3 Å². The van der Waals surface area contributed by atoms with Gasteiger partial charge < -0.3 is 15.0 Å². The Morgan fingerprint density at radius 2 is 1.71 bits per heavy atom. The Hall–Kier alpha value is -3.56. The maximum absolute atomic E-state index is 13.9. The number of sulfonamides is 1. The van der Waals surface area contributed by atoms with E-state index >= 15 is 0 Å². The molecule has 0 saturated heterocycles. The molecular weight excluding hydrogens is 526 g/mol. The van der Waals surface area contributed by atoms with Crippen molar-refractivity contribution in [2.45, 2.75) is 37.8 Å². The average Bonchev–Trinajstić information content (AvgIpc) is 2.91. The van der Waals surface area contributed by atoms with Crippen molar-refractivity contribution >= 4 is 39.1 Å². The largest absolute Gasteiger partial charge is 0.497 e. The van der Waals surface area contributed by atoms with Crippen LogP contribution >= 0.6 is 11.6 Å². The number of halogens is 1. The predicted molar refractivity (Wildman–Crippen MR) is 149 cm³/mol. The molecule has 0 aliphatic carbocycles. The monoisotopic (exact) mass is 557 g/mol. The third-order valence-corrected chi connectivity index (χ3v) is 8.11. The van der Waals surface area contributed by atoms with Crippen molar-refractivity contribution in [1.29, 1.82) is 0 Å². The van der Waals surface area contributed by atoms with Gasteiger partial charge in [0.2, 0.25) is 11.8 Å². The molecule has 0 unspecified atom stereocenters. The van der Waals surface area contributed by atoms with Crippen LogP contribution in [0.1, 0.15) is 24.5 Å². The highest BCUT2D eigenvalue weighted by molar-refractivity contribution is 7.92. The van der Waals surface area contributed by atoms with Crippen LogP contribution in [0, 0.1) is 6.92 Å². The lowest BCUT2D eigenvalue weighted by Gasteiger charge is -2.33. The molecule has 0 bridgehead atoms. The molecule has 3 aromatic rings. The van der Waals surface area contributed by atoms with E-state index in [2.05, 4.69) is 5.32 Å². The number of benzene rings is 3. The summed E-state index contributed by atoms with van der Waals surface area (Å²) in [7, 11) is -1.20. The zero-order valence-electron chi connectivity index (χ0n) is 21.8. The number of anilines is 1. The highest BCUT2D eigenvalue weighted by Gasteiger charge is 2.33. The maximum atomic E-state index is 13.9. The Labute approximate surface area is 229 Å². The van der Waals surface area contributed by atoms with Gasteiger partial charge in [-0.1, -0.05) is 54.4 Å². The van der Waals surface area contributed by atoms with E-state index in [0.29, 0.717) is 17.2 Å². The molecule has 0 radical (unpaired) electrons. The predicted octanol–water partition coefficient (Wildman–Crippen LogP) is 4.41. The molecule has 10 heteroatoms. The number of rotatable bonds is 11. The summed E-state index contributed by atoms with van der Waals surface area (Å²) in [6.07, 6.45) is 0.347. The number of nitrogens with one attached hydrogen (secondary N) is 1. The van der Waals surface area contributed by atoms with Crippen LogP contribution in [0.3, 0.4) is 0 Å². The van der Waals surface area contributed by atoms with Gasteiger partial charge in [0, 0.05) is 18.6 Å². The lowest BCUT2D eigenvalue weighted by atomic mass is 10.1. The number of likely N-dealkylation sites (N-methyl/N-ethyl adjacent to an activating group) is 1. The molecule has 38 heavy (non-hydrogen) atoms. The average molecular weight is 558 g/mol. The Morgan fingerprint density at radius 1 is 1.03 bits per heavy atom. The van der Waals surface area contributed by atoms with Crippen LogP contribution in [0.2, 0.25) is 5.02 Å². The smallest absolute Gasteiger partial charge is 0.264 e. The topological polar surface area (TPSA) is 96.0 Å². The first-order valence-corrected chi connectivity index (χ1v) is 13.9. The third kappa shape index (κ3) is 6.85. The number of carbonyl (C=O) groups excluding carboxylic acids is 2. The van der Waals surface area contributed by atoms with Crippen LogP contribution in [0.4, 0.5) is 5.69 Å². The van der Waals surface area contributed by atoms with Gasteiger partial charge in [0.25, 0.3) is 10.0 Å². The molecule has 3 aromatic carbocycles. The van der Waals surface area contributed by atoms with E-state index in [-0.39, 0.29) is 23.0 Å². The number of amides is 2. The van der Waals surface area contributed by atoms with E-state index in [0.717, 1.165) is 15.4 Å². The minimum absolute atomic E-state index is 0.0188. The van der Waals surface area contributed by atoms with Gasteiger partial charge in [-0.25, -0.2) is 8.42 Å². The zero-order chi connectivity index (χ0) is 27.9. The molecule has 0 heterocycles. The number of aryl methyl sites for hydroxylation is 1. The second-order valence-corrected chi connectivity index (χ2v) is 11.0. The number of carbonyl (C=O) groups is 2. The second-order valence-electron chi connectivity index (χ2n) is 8.72. The summed E-state index contributed by atoms with van der Waals surface area (Å²) >= 11 is 6.19. The highest BCUT2D eigenvalue weighted by atomic mass is 35.5. The Kier molecular flexibility index (Phi) is 9.77. The Bertz CT molecular complexity index is 1380. The highest BCUT2D eigenvalue weighted by Crippen LogP contribution is 2.28. The van der Waals surface area contributed by atoms with Gasteiger partial charge in [-0.3, -0.25) is 13.9 Å². The number of hydrogen-bond donors (Lipinski definition) is 1. The molecule has 0 aromatic heterocycles. The second kappa shape index (κ2) is 12.8. The van der Waals surface area contributed by atoms with Gasteiger partial charge in [-0.05, 0) is 61.4 Å². The van der Waals surface area contributed by atoms with Gasteiger partial charge >= 0.3 is 0 Å². The molecule has 1 N–H and O–H groups in total. The first-order chi connectivity index (χ1) is 18.1. The molecule has 3 rings (SSSR count). The summed E-state index contributed by atoms with van der Waals surface area (Å²) in [4.78, 5) is 28.1. The normalized spacial score (nSPS) is 11.9. The molecule has 0 aliphatic heterocycles. The first kappa shape index (κ1) is 29.0. The van der Waals surface area contributed by atoms with Crippen LogP contribution in [-0.4, -0.2) is 51.9 Å². The first-order valence-electron chi connectivity index (χ1n) is 12.1. The van der Waals surface area contributed by atoms with Crippen molar-refractivity contribution in [2.24, 2.45) is 0 Å². The number of ether oxygens (including phenoxy) is 1. The van der Waals surface area contributed by atoms with Crippen molar-refractivity contribution in [3.63, 3.8) is 0 Å². The van der Waals surface area contributed by atoms with Crippen molar-refractivity contribution in [3.05, 3.63) is 88.9 Å². The van der Waals surface area contributed by atoms with E-state index in [1.165, 1.54) is 49.4 Å². The molecule has 202 valence electrons. The van der Waals surface area contributed by atoms with Gasteiger partial charge in [0.05, 0.1) is 17.7 Å². The minimum Gasteiger partial charge on any atom is -0.497 e. The van der Waals surface area contributed by atoms with Gasteiger partial charge in [0.1, 0.15) is 18.3 Å². The number of nitrogens with zero attached hydrogens (tertiary/aromatic N) is 2. The third-order valence-electron chi connectivity index (χ3n) is 6.09. The molecular formula is C28H32ClN3O5S. The van der Waals surface area contributed by atoms with Crippen LogP contribution < -0.4 is 14.4 Å². The fraction of sp³-hybridized carbons (Fsp3) is 0.286. The van der Waals surface area contributed by atoms with Crippen LogP contribution in [-0.2, 0) is 26.2 Å². The zero-order valence-corrected chi connectivity index (χ0v) is 23.4. The summed E-state index contributed by atoms with van der Waals surface area (Å²) < 4.78 is 33.8. The van der Waals surface area contributed by atoms with E-state index in [1.54, 1.807) is 25.1 Å². The molecule has 0 aliphatic rings. The van der Waals surface area contributed by atoms with E-state index in [9.17, 15) is 18.0 Å². The SMILES string of the molecule is CC[C@@H](C(=O)NC)N(Cc1cccc(C)c1)C(=O)CN(c1cccc(Cl)c1)S(=O)(=O)c1ccc(OC)cc1. The molecule has 0 spiro atoms. The standard InChI is InChI=1S/C28H32ClN3O5S/c1-5-26(28(34)30-3)31(18-21-9-6-8-20(2)16-21)27(33)19-32(23-11-7-10-22(29)17-23)38(35,36)25-14-12-24(37-4)13-15-25/h6-17,26H,5,18-19H2,1-4H3,(H,30,34)/t26-/m0/s1. The summed E-state index contributed by atoms with van der Waals surface area (Å²) in [5, 5.41) is 2.93. The molecule has 1 atom stereocenters. The molecule has 0 saturated carbocycles. The van der Waals surface area contributed by atoms with Gasteiger partial charge in [-0.2, -0.15) is 0 Å². The Morgan fingerprint density at radius 3 is 2.29 bits per heavy atom. The molecule has 2 amide bonds. The van der Waals surface area contributed by atoms with Crippen molar-refractivity contribution in [2.75, 3.05) is 25.0 Å². The summed E-state index contributed by atoms with van der Waals surface area (Å²) in [6.45, 7) is 3.35. The molecule has 0 fully saturated rings. The quantitative estimate of drug-likeness (QED) is 0.377. The minimum atomic E-state index is -4.19. The lowest BCUT2D eigenvalue weighted by Crippen LogP contribution is -2.51. The van der Waals surface area contributed by atoms with Crippen LogP contribution in [0.15, 0.2) is 77.7 Å². The van der Waals surface area contributed by atoms with Crippen LogP contribution in [0.5, 0.6) is 5.75 Å². The van der Waals surface area contributed by atoms with Crippen molar-refractivity contribution < 1.29 is 22.7 Å². The maximum Gasteiger partial charge on any atom is 0.264 e. The fourth-order valence-corrected chi connectivity index (χ4v) is 5.72. The summed E-state index contributed by atoms with van der Waals surface area (Å²) in [6, 6.07) is 19.0. The number of methoxy groups -OCH3 is 1. The van der Waals surface area contributed by atoms with Crippen molar-refractivity contribution in [3.8, 4) is 5.75 Å². The van der Waals surface area contributed by atoms with Crippen LogP contribution in [0.25, 0.3) is 0 Å². The molecule has 8 nitrogen and oxygen atoms in total. The summed E-state index contributed by atoms with van der Waals surface area (Å²) in [5.74, 6) is -0.366. The Balaban J connectivity index is 2.06. The number of hydrogen-bond acceptors (Lipinski definition) is 5. The van der Waals surface area contributed by atoms with Gasteiger partial charge in [-0.15, -0.1) is 0 Å². The van der Waals surface area contributed by atoms with E-state index in [1.807, 2.05) is 31.2 Å². The lowest BCUT2D eigenvalue weighted by molar-refractivity contribution is -0.140. The fourth-order valence-electron chi connectivity index (χ4n) is 4.13.